The summed E-state index contributed by atoms with van der Waals surface area (Å²) in [6.07, 6.45) is 5.19. The zero-order chi connectivity index (χ0) is 20.5. The highest BCUT2D eigenvalue weighted by molar-refractivity contribution is 5.83. The molecular weight excluding hydrogens is 380 g/mol. The Morgan fingerprint density at radius 1 is 1.17 bits per heavy atom. The van der Waals surface area contributed by atoms with E-state index in [0.717, 1.165) is 47.2 Å². The Balaban J connectivity index is 1.38. The Labute approximate surface area is 174 Å². The maximum Gasteiger partial charge on any atom is 0.225 e. The number of aliphatic hydroxyl groups excluding tert-OH is 1. The Bertz CT molecular complexity index is 1160. The fourth-order valence-electron chi connectivity index (χ4n) is 3.78. The normalized spacial score (nSPS) is 16.8. The van der Waals surface area contributed by atoms with Crippen LogP contribution in [-0.4, -0.2) is 36.3 Å². The summed E-state index contributed by atoms with van der Waals surface area (Å²) < 4.78 is 9.58. The Hall–Kier alpha value is -3.23. The molecule has 0 radical (unpaired) electrons. The Morgan fingerprint density at radius 3 is 2.80 bits per heavy atom. The molecule has 1 saturated heterocycles. The zero-order valence-corrected chi connectivity index (χ0v) is 16.8. The third-order valence-corrected chi connectivity index (χ3v) is 5.44. The Kier molecular flexibility index (Phi) is 4.94. The highest BCUT2D eigenvalue weighted by atomic mass is 16.5. The van der Waals surface area contributed by atoms with Crippen LogP contribution in [0.2, 0.25) is 0 Å². The number of aryl methyl sites for hydroxylation is 1. The first-order chi connectivity index (χ1) is 14.7. The summed E-state index contributed by atoms with van der Waals surface area (Å²) in [4.78, 5) is 4.63. The minimum Gasteiger partial charge on any atom is -0.392 e. The van der Waals surface area contributed by atoms with Crippen LogP contribution in [0.1, 0.15) is 31.1 Å². The van der Waals surface area contributed by atoms with E-state index in [9.17, 15) is 5.11 Å². The minimum atomic E-state index is 0.0218. The number of nitrogens with zero attached hydrogens (tertiary/aromatic N) is 5. The van der Waals surface area contributed by atoms with Crippen LogP contribution in [0.3, 0.4) is 0 Å². The van der Waals surface area contributed by atoms with Crippen LogP contribution in [0.5, 0.6) is 0 Å². The average Bonchev–Trinajstić information content (AvgIpc) is 3.38. The third kappa shape index (κ3) is 3.55. The van der Waals surface area contributed by atoms with Crippen molar-refractivity contribution >= 4 is 22.5 Å². The molecule has 1 atom stereocenters. The number of fused-ring (bicyclic) bond motifs is 1. The summed E-state index contributed by atoms with van der Waals surface area (Å²) in [7, 11) is 1.86. The van der Waals surface area contributed by atoms with E-state index in [4.69, 9.17) is 4.74 Å². The van der Waals surface area contributed by atoms with Crippen molar-refractivity contribution in [1.82, 2.24) is 24.5 Å². The first kappa shape index (κ1) is 18.8. The van der Waals surface area contributed by atoms with Gasteiger partial charge in [-0.2, -0.15) is 10.1 Å². The molecule has 2 aromatic carbocycles. The molecule has 8 heteroatoms. The molecule has 8 nitrogen and oxygen atoms in total. The van der Waals surface area contributed by atoms with Crippen LogP contribution in [0.15, 0.2) is 48.7 Å². The summed E-state index contributed by atoms with van der Waals surface area (Å²) >= 11 is 0. The van der Waals surface area contributed by atoms with E-state index in [2.05, 4.69) is 32.6 Å². The lowest BCUT2D eigenvalue weighted by Crippen LogP contribution is -2.18. The summed E-state index contributed by atoms with van der Waals surface area (Å²) in [5.74, 6) is 1.28. The fourth-order valence-corrected chi connectivity index (χ4v) is 3.78. The minimum absolute atomic E-state index is 0.0218. The van der Waals surface area contributed by atoms with Crippen molar-refractivity contribution in [2.75, 3.05) is 11.9 Å². The smallest absolute Gasteiger partial charge is 0.225 e. The molecule has 30 heavy (non-hydrogen) atoms. The fraction of sp³-hybridized carbons (Fsp3) is 0.318. The van der Waals surface area contributed by atoms with Gasteiger partial charge in [0.25, 0.3) is 0 Å². The molecule has 3 heterocycles. The number of aliphatic hydroxyl groups is 1. The van der Waals surface area contributed by atoms with E-state index < -0.39 is 0 Å². The van der Waals surface area contributed by atoms with Crippen molar-refractivity contribution in [3.8, 4) is 11.4 Å². The Morgan fingerprint density at radius 2 is 2.03 bits per heavy atom. The van der Waals surface area contributed by atoms with Crippen LogP contribution < -0.4 is 5.32 Å². The average molecular weight is 404 g/mol. The molecule has 154 valence electrons. The highest BCUT2D eigenvalue weighted by Crippen LogP contribution is 2.28. The first-order valence-electron chi connectivity index (χ1n) is 10.2. The van der Waals surface area contributed by atoms with Crippen molar-refractivity contribution in [2.24, 2.45) is 7.05 Å². The largest absolute Gasteiger partial charge is 0.392 e. The van der Waals surface area contributed by atoms with Crippen LogP contribution in [0.4, 0.5) is 11.6 Å². The van der Waals surface area contributed by atoms with E-state index in [-0.39, 0.29) is 12.8 Å². The molecule has 1 aliphatic rings. The highest BCUT2D eigenvalue weighted by Gasteiger charge is 2.18. The van der Waals surface area contributed by atoms with E-state index in [0.29, 0.717) is 11.8 Å². The van der Waals surface area contributed by atoms with E-state index in [1.807, 2.05) is 48.3 Å². The van der Waals surface area contributed by atoms with Gasteiger partial charge in [-0.15, -0.1) is 5.10 Å². The molecule has 2 N–H and O–H groups in total. The molecule has 0 amide bonds. The molecule has 1 fully saturated rings. The van der Waals surface area contributed by atoms with Gasteiger partial charge in [0.15, 0.2) is 12.1 Å². The summed E-state index contributed by atoms with van der Waals surface area (Å²) in [5.41, 5.74) is 3.75. The van der Waals surface area contributed by atoms with Crippen LogP contribution in [0.25, 0.3) is 22.3 Å². The second kappa shape index (κ2) is 7.89. The number of hydrogen-bond acceptors (Lipinski definition) is 6. The van der Waals surface area contributed by atoms with Gasteiger partial charge in [0.2, 0.25) is 5.95 Å². The van der Waals surface area contributed by atoms with Gasteiger partial charge >= 0.3 is 0 Å². The topological polar surface area (TPSA) is 90.0 Å². The monoisotopic (exact) mass is 404 g/mol. The van der Waals surface area contributed by atoms with Crippen molar-refractivity contribution in [2.45, 2.75) is 32.1 Å². The lowest BCUT2D eigenvalue weighted by Gasteiger charge is -2.23. The van der Waals surface area contributed by atoms with E-state index in [1.54, 1.807) is 4.68 Å². The summed E-state index contributed by atoms with van der Waals surface area (Å²) in [6, 6.07) is 13.7. The van der Waals surface area contributed by atoms with Gasteiger partial charge in [-0.1, -0.05) is 24.3 Å². The van der Waals surface area contributed by atoms with Crippen molar-refractivity contribution < 1.29 is 9.84 Å². The quantitative estimate of drug-likeness (QED) is 0.526. The van der Waals surface area contributed by atoms with Crippen molar-refractivity contribution in [3.05, 3.63) is 54.2 Å². The van der Waals surface area contributed by atoms with Gasteiger partial charge in [0.1, 0.15) is 0 Å². The summed E-state index contributed by atoms with van der Waals surface area (Å²) in [5, 5.41) is 22.7. The second-order valence-electron chi connectivity index (χ2n) is 7.55. The second-order valence-corrected chi connectivity index (χ2v) is 7.55. The maximum atomic E-state index is 9.20. The number of aromatic nitrogens is 5. The predicted octanol–water partition coefficient (Wildman–Crippen LogP) is 3.77. The molecule has 2 aromatic heterocycles. The van der Waals surface area contributed by atoms with Gasteiger partial charge in [-0.3, -0.25) is 0 Å². The van der Waals surface area contributed by atoms with Gasteiger partial charge < -0.3 is 15.2 Å². The standard InChI is InChI=1S/C22H24N6O2/c1-27-22(25-21(26-27)16-7-5-15(14-29)6-8-16)24-18-9-10-19-17(12-18)13-23-28(19)20-4-2-3-11-30-20/h5-10,12-13,20,29H,2-4,11,14H2,1H3,(H,24,25,26). The van der Waals surface area contributed by atoms with Crippen LogP contribution in [0, 0.1) is 0 Å². The number of anilines is 2. The van der Waals surface area contributed by atoms with Crippen LogP contribution >= 0.6 is 0 Å². The molecule has 4 aromatic rings. The van der Waals surface area contributed by atoms with Gasteiger partial charge in [0.05, 0.1) is 18.3 Å². The van der Waals surface area contributed by atoms with Gasteiger partial charge in [0, 0.05) is 30.3 Å². The number of hydrogen-bond donors (Lipinski definition) is 2. The molecule has 5 rings (SSSR count). The lowest BCUT2D eigenvalue weighted by molar-refractivity contribution is -0.0366. The number of ether oxygens (including phenoxy) is 1. The summed E-state index contributed by atoms with van der Waals surface area (Å²) in [6.45, 7) is 0.817. The molecule has 0 saturated carbocycles. The SMILES string of the molecule is Cn1nc(-c2ccc(CO)cc2)nc1Nc1ccc2c(cnn2C2CCCCO2)c1. The number of rotatable bonds is 5. The first-order valence-corrected chi connectivity index (χ1v) is 10.2. The zero-order valence-electron chi connectivity index (χ0n) is 16.8. The van der Waals surface area contributed by atoms with Crippen LogP contribution in [-0.2, 0) is 18.4 Å². The molecule has 0 bridgehead atoms. The molecular formula is C22H24N6O2. The third-order valence-electron chi connectivity index (χ3n) is 5.44. The lowest BCUT2D eigenvalue weighted by atomic mass is 10.1. The van der Waals surface area contributed by atoms with Gasteiger partial charge in [-0.25, -0.2) is 9.36 Å². The predicted molar refractivity (Wildman–Crippen MR) is 114 cm³/mol. The molecule has 1 aliphatic heterocycles. The molecule has 1 unspecified atom stereocenters. The van der Waals surface area contributed by atoms with E-state index in [1.165, 1.54) is 6.42 Å². The molecule has 0 aliphatic carbocycles. The van der Waals surface area contributed by atoms with Crippen molar-refractivity contribution in [1.29, 1.82) is 0 Å². The number of nitrogens with one attached hydrogen (secondary N) is 1. The van der Waals surface area contributed by atoms with Gasteiger partial charge in [-0.05, 0) is 43.0 Å². The number of benzene rings is 2. The van der Waals surface area contributed by atoms with Crippen molar-refractivity contribution in [3.63, 3.8) is 0 Å². The maximum absolute atomic E-state index is 9.20. The van der Waals surface area contributed by atoms with E-state index >= 15 is 0 Å². The molecule has 0 spiro atoms.